The lowest BCUT2D eigenvalue weighted by Gasteiger charge is -2.07. The summed E-state index contributed by atoms with van der Waals surface area (Å²) in [5.41, 5.74) is 16.1. The van der Waals surface area contributed by atoms with Gasteiger partial charge in [0.25, 0.3) is 0 Å². The lowest BCUT2D eigenvalue weighted by Crippen LogP contribution is -2.00. The van der Waals surface area contributed by atoms with Gasteiger partial charge in [-0.05, 0) is 86.8 Å². The Kier molecular flexibility index (Phi) is 6.97. The SMILES string of the molecule is CCc1c(Cc2[nH]c(Cc3[nH]c(C)c(C)c3CCO)c(CC)c2CC)[nH]c(C)c1C. The second-order valence-electron chi connectivity index (χ2n) is 8.59. The summed E-state index contributed by atoms with van der Waals surface area (Å²) in [5.74, 6) is 0. The van der Waals surface area contributed by atoms with Crippen molar-refractivity contribution in [3.05, 3.63) is 67.5 Å². The second kappa shape index (κ2) is 9.30. The average molecular weight is 410 g/mol. The lowest BCUT2D eigenvalue weighted by atomic mass is 9.97. The molecule has 0 saturated carbocycles. The molecule has 4 N–H and O–H groups in total. The molecular weight excluding hydrogens is 370 g/mol. The molecule has 0 fully saturated rings. The molecule has 0 spiro atoms. The van der Waals surface area contributed by atoms with E-state index in [0.717, 1.165) is 32.1 Å². The van der Waals surface area contributed by atoms with Crippen LogP contribution in [0.25, 0.3) is 0 Å². The highest BCUT2D eigenvalue weighted by atomic mass is 16.2. The third kappa shape index (κ3) is 4.02. The Bertz CT molecular complexity index is 1020. The van der Waals surface area contributed by atoms with Crippen molar-refractivity contribution < 1.29 is 5.11 Å². The third-order valence-corrected chi connectivity index (χ3v) is 6.96. The molecule has 3 heterocycles. The van der Waals surface area contributed by atoms with Crippen molar-refractivity contribution in [1.29, 1.82) is 0 Å². The summed E-state index contributed by atoms with van der Waals surface area (Å²) >= 11 is 0. The normalized spacial score (nSPS) is 11.6. The number of aliphatic hydroxyl groups is 1. The number of H-pyrrole nitrogens is 3. The van der Waals surface area contributed by atoms with E-state index in [9.17, 15) is 5.11 Å². The van der Waals surface area contributed by atoms with Crippen LogP contribution in [0.2, 0.25) is 0 Å². The van der Waals surface area contributed by atoms with Gasteiger partial charge in [0.2, 0.25) is 0 Å². The van der Waals surface area contributed by atoms with Crippen LogP contribution >= 0.6 is 0 Å². The molecule has 0 unspecified atom stereocenters. The van der Waals surface area contributed by atoms with Crippen LogP contribution in [0.15, 0.2) is 0 Å². The molecule has 164 valence electrons. The van der Waals surface area contributed by atoms with E-state index in [1.807, 2.05) is 0 Å². The highest BCUT2D eigenvalue weighted by Crippen LogP contribution is 2.29. The molecule has 3 rings (SSSR count). The first kappa shape index (κ1) is 22.5. The minimum atomic E-state index is 0.188. The van der Waals surface area contributed by atoms with Crippen LogP contribution in [0.4, 0.5) is 0 Å². The van der Waals surface area contributed by atoms with Gasteiger partial charge in [-0.3, -0.25) is 0 Å². The number of nitrogens with one attached hydrogen (secondary N) is 3. The number of rotatable bonds is 9. The summed E-state index contributed by atoms with van der Waals surface area (Å²) in [4.78, 5) is 11.1. The first-order valence-electron chi connectivity index (χ1n) is 11.5. The van der Waals surface area contributed by atoms with E-state index in [1.165, 1.54) is 67.5 Å². The van der Waals surface area contributed by atoms with E-state index in [0.29, 0.717) is 6.42 Å². The molecule has 0 amide bonds. The van der Waals surface area contributed by atoms with Gasteiger partial charge in [-0.1, -0.05) is 20.8 Å². The summed E-state index contributed by atoms with van der Waals surface area (Å²) < 4.78 is 0. The van der Waals surface area contributed by atoms with Crippen molar-refractivity contribution in [3.63, 3.8) is 0 Å². The van der Waals surface area contributed by atoms with Gasteiger partial charge < -0.3 is 20.1 Å². The van der Waals surface area contributed by atoms with Crippen molar-refractivity contribution in [2.75, 3.05) is 6.61 Å². The monoisotopic (exact) mass is 409 g/mol. The highest BCUT2D eigenvalue weighted by Gasteiger charge is 2.20. The molecule has 0 aliphatic heterocycles. The first-order chi connectivity index (χ1) is 14.4. The molecule has 0 aliphatic carbocycles. The second-order valence-corrected chi connectivity index (χ2v) is 8.59. The smallest absolute Gasteiger partial charge is 0.0472 e. The van der Waals surface area contributed by atoms with Crippen LogP contribution in [0, 0.1) is 27.7 Å². The highest BCUT2D eigenvalue weighted by molar-refractivity contribution is 5.45. The maximum Gasteiger partial charge on any atom is 0.0472 e. The van der Waals surface area contributed by atoms with Crippen LogP contribution in [0.3, 0.4) is 0 Å². The summed E-state index contributed by atoms with van der Waals surface area (Å²) in [6.07, 6.45) is 5.65. The van der Waals surface area contributed by atoms with Crippen LogP contribution < -0.4 is 0 Å². The third-order valence-electron chi connectivity index (χ3n) is 6.96. The summed E-state index contributed by atoms with van der Waals surface area (Å²) in [6, 6.07) is 0. The van der Waals surface area contributed by atoms with Gasteiger partial charge in [0, 0.05) is 53.6 Å². The molecule has 0 radical (unpaired) electrons. The van der Waals surface area contributed by atoms with Crippen LogP contribution in [-0.2, 0) is 38.5 Å². The largest absolute Gasteiger partial charge is 0.396 e. The fourth-order valence-corrected chi connectivity index (χ4v) is 5.13. The van der Waals surface area contributed by atoms with Gasteiger partial charge in [0.1, 0.15) is 0 Å². The Morgan fingerprint density at radius 3 is 1.40 bits per heavy atom. The topological polar surface area (TPSA) is 67.6 Å². The predicted molar refractivity (Wildman–Crippen MR) is 126 cm³/mol. The zero-order valence-electron chi connectivity index (χ0n) is 19.9. The Hall–Kier alpha value is -2.20. The molecule has 4 heteroatoms. The van der Waals surface area contributed by atoms with E-state index in [-0.39, 0.29) is 6.61 Å². The molecule has 3 aromatic rings. The molecule has 0 aliphatic rings. The standard InChI is InChI=1S/C26H39N3O/c1-8-19-15(4)17(6)27-23(19)13-24-20(9-2)21(10-3)25(29-24)14-26-22(11-12-30)16(5)18(7)28-26/h27-30H,8-14H2,1-7H3. The maximum absolute atomic E-state index is 9.54. The zero-order chi connectivity index (χ0) is 22.0. The van der Waals surface area contributed by atoms with Gasteiger partial charge in [-0.2, -0.15) is 0 Å². The van der Waals surface area contributed by atoms with Gasteiger partial charge in [-0.15, -0.1) is 0 Å². The molecule has 0 bridgehead atoms. The van der Waals surface area contributed by atoms with Crippen LogP contribution in [0.1, 0.15) is 88.3 Å². The van der Waals surface area contributed by atoms with E-state index >= 15 is 0 Å². The zero-order valence-corrected chi connectivity index (χ0v) is 19.9. The Labute approximate surface area is 181 Å². The van der Waals surface area contributed by atoms with E-state index < -0.39 is 0 Å². The van der Waals surface area contributed by atoms with Gasteiger partial charge in [-0.25, -0.2) is 0 Å². The van der Waals surface area contributed by atoms with Crippen molar-refractivity contribution in [2.24, 2.45) is 0 Å². The minimum absolute atomic E-state index is 0.188. The molecule has 0 saturated heterocycles. The van der Waals surface area contributed by atoms with E-state index in [1.54, 1.807) is 0 Å². The minimum Gasteiger partial charge on any atom is -0.396 e. The first-order valence-corrected chi connectivity index (χ1v) is 11.5. The van der Waals surface area contributed by atoms with Gasteiger partial charge >= 0.3 is 0 Å². The number of aryl methyl sites for hydroxylation is 2. The summed E-state index contributed by atoms with van der Waals surface area (Å²) in [6.45, 7) is 15.6. The van der Waals surface area contributed by atoms with Gasteiger partial charge in [0.15, 0.2) is 0 Å². The fraction of sp³-hybridized carbons (Fsp3) is 0.538. The number of aromatic nitrogens is 3. The van der Waals surface area contributed by atoms with Crippen molar-refractivity contribution in [3.8, 4) is 0 Å². The molecule has 0 atom stereocenters. The van der Waals surface area contributed by atoms with Crippen LogP contribution in [-0.4, -0.2) is 26.7 Å². The number of aromatic amines is 3. The molecule has 30 heavy (non-hydrogen) atoms. The predicted octanol–water partition coefficient (Wildman–Crippen LogP) is 5.31. The average Bonchev–Trinajstić information content (AvgIpc) is 3.29. The van der Waals surface area contributed by atoms with Crippen molar-refractivity contribution in [2.45, 2.75) is 87.0 Å². The Morgan fingerprint density at radius 1 is 0.567 bits per heavy atom. The number of aliphatic hydroxyl groups excluding tert-OH is 1. The molecule has 0 aromatic carbocycles. The molecule has 3 aromatic heterocycles. The van der Waals surface area contributed by atoms with Crippen LogP contribution in [0.5, 0.6) is 0 Å². The van der Waals surface area contributed by atoms with Crippen molar-refractivity contribution in [1.82, 2.24) is 15.0 Å². The van der Waals surface area contributed by atoms with E-state index in [2.05, 4.69) is 63.4 Å². The van der Waals surface area contributed by atoms with E-state index in [4.69, 9.17) is 0 Å². The lowest BCUT2D eigenvalue weighted by molar-refractivity contribution is 0.299. The Balaban J connectivity index is 2.01. The van der Waals surface area contributed by atoms with Gasteiger partial charge in [0.05, 0.1) is 0 Å². The van der Waals surface area contributed by atoms with Crippen molar-refractivity contribution >= 4 is 0 Å². The molecular formula is C26H39N3O. The number of hydrogen-bond donors (Lipinski definition) is 4. The number of hydrogen-bond acceptors (Lipinski definition) is 1. The summed E-state index contributed by atoms with van der Waals surface area (Å²) in [7, 11) is 0. The fourth-order valence-electron chi connectivity index (χ4n) is 5.13. The Morgan fingerprint density at radius 2 is 0.967 bits per heavy atom. The maximum atomic E-state index is 9.54. The summed E-state index contributed by atoms with van der Waals surface area (Å²) in [5, 5.41) is 9.54. The quantitative estimate of drug-likeness (QED) is 0.380. The molecule has 4 nitrogen and oxygen atoms in total.